The van der Waals surface area contributed by atoms with E-state index in [0.717, 1.165) is 0 Å². The molecule has 0 fully saturated rings. The van der Waals surface area contributed by atoms with Crippen molar-refractivity contribution in [3.8, 4) is 5.75 Å². The zero-order valence-electron chi connectivity index (χ0n) is 8.23. The number of hydrogen-bond donors (Lipinski definition) is 1. The summed E-state index contributed by atoms with van der Waals surface area (Å²) in [5.74, 6) is -1.01. The Kier molecular flexibility index (Phi) is 3.82. The molecule has 5 nitrogen and oxygen atoms in total. The van der Waals surface area contributed by atoms with Gasteiger partial charge in [-0.25, -0.2) is 4.79 Å². The minimum absolute atomic E-state index is 0.153. The van der Waals surface area contributed by atoms with Gasteiger partial charge in [0, 0.05) is 0 Å². The van der Waals surface area contributed by atoms with Crippen LogP contribution in [0.25, 0.3) is 0 Å². The summed E-state index contributed by atoms with van der Waals surface area (Å²) in [5, 5.41) is 0. The molecule has 15 heavy (non-hydrogen) atoms. The van der Waals surface area contributed by atoms with Gasteiger partial charge in [-0.05, 0) is 12.1 Å². The first-order valence-electron chi connectivity index (χ1n) is 4.27. The molecule has 80 valence electrons. The number of hydrogen-bond acceptors (Lipinski definition) is 5. The molecule has 1 aromatic carbocycles. The van der Waals surface area contributed by atoms with E-state index in [-0.39, 0.29) is 17.9 Å². The maximum Gasteiger partial charge on any atom is 0.341 e. The summed E-state index contributed by atoms with van der Waals surface area (Å²) >= 11 is 0. The molecule has 0 saturated carbocycles. The Hall–Kier alpha value is -1.88. The van der Waals surface area contributed by atoms with Gasteiger partial charge in [0.1, 0.15) is 11.3 Å². The largest absolute Gasteiger partial charge is 0.465 e. The molecule has 0 atom stereocenters. The van der Waals surface area contributed by atoms with Gasteiger partial charge in [-0.1, -0.05) is 12.1 Å². The number of nitrogens with two attached hydrogens (primary N) is 1. The van der Waals surface area contributed by atoms with Crippen LogP contribution in [0.3, 0.4) is 0 Å². The van der Waals surface area contributed by atoms with E-state index in [1.807, 2.05) is 0 Å². The number of benzene rings is 1. The molecule has 0 heterocycles. The van der Waals surface area contributed by atoms with E-state index in [0.29, 0.717) is 0 Å². The third kappa shape index (κ3) is 2.78. The van der Waals surface area contributed by atoms with E-state index in [9.17, 15) is 9.59 Å². The van der Waals surface area contributed by atoms with Crippen molar-refractivity contribution in [3.05, 3.63) is 29.8 Å². The van der Waals surface area contributed by atoms with Gasteiger partial charge >= 0.3 is 11.9 Å². The number of methoxy groups -OCH3 is 1. The van der Waals surface area contributed by atoms with Gasteiger partial charge in [-0.3, -0.25) is 4.79 Å². The second-order valence-corrected chi connectivity index (χ2v) is 2.67. The van der Waals surface area contributed by atoms with E-state index < -0.39 is 11.9 Å². The average Bonchev–Trinajstić information content (AvgIpc) is 2.28. The average molecular weight is 209 g/mol. The van der Waals surface area contributed by atoms with Crippen molar-refractivity contribution in [2.75, 3.05) is 13.7 Å². The molecule has 0 aliphatic carbocycles. The normalized spacial score (nSPS) is 9.47. The zero-order chi connectivity index (χ0) is 11.3. The van der Waals surface area contributed by atoms with E-state index in [4.69, 9.17) is 10.5 Å². The second-order valence-electron chi connectivity index (χ2n) is 2.67. The quantitative estimate of drug-likeness (QED) is 0.573. The smallest absolute Gasteiger partial charge is 0.341 e. The van der Waals surface area contributed by atoms with Crippen LogP contribution in [-0.2, 0) is 9.53 Å². The molecule has 0 amide bonds. The monoisotopic (exact) mass is 209 g/mol. The molecule has 0 radical (unpaired) electrons. The Bertz CT molecular complexity index is 375. The van der Waals surface area contributed by atoms with Gasteiger partial charge in [0.15, 0.2) is 0 Å². The third-order valence-electron chi connectivity index (χ3n) is 1.68. The van der Waals surface area contributed by atoms with Crippen LogP contribution in [0.5, 0.6) is 5.75 Å². The van der Waals surface area contributed by atoms with Gasteiger partial charge in [0.2, 0.25) is 0 Å². The van der Waals surface area contributed by atoms with Crippen molar-refractivity contribution < 1.29 is 19.1 Å². The lowest BCUT2D eigenvalue weighted by molar-refractivity contribution is -0.132. The summed E-state index contributed by atoms with van der Waals surface area (Å²) in [6.07, 6.45) is 0. The van der Waals surface area contributed by atoms with Crippen LogP contribution < -0.4 is 10.5 Å². The maximum atomic E-state index is 11.3. The summed E-state index contributed by atoms with van der Waals surface area (Å²) in [5.41, 5.74) is 5.28. The van der Waals surface area contributed by atoms with Crippen LogP contribution in [0.2, 0.25) is 0 Å². The molecule has 1 aromatic rings. The molecule has 2 N–H and O–H groups in total. The van der Waals surface area contributed by atoms with Crippen LogP contribution in [0.1, 0.15) is 10.4 Å². The lowest BCUT2D eigenvalue weighted by atomic mass is 10.2. The van der Waals surface area contributed by atoms with E-state index in [2.05, 4.69) is 4.74 Å². The van der Waals surface area contributed by atoms with Crippen molar-refractivity contribution in [1.82, 2.24) is 0 Å². The molecular weight excluding hydrogens is 198 g/mol. The molecule has 0 spiro atoms. The standard InChI is InChI=1S/C10H11NO4/c1-14-10(13)7-4-2-3-5-8(7)15-9(12)6-11/h2-5H,6,11H2,1H3. The Morgan fingerprint density at radius 2 is 2.00 bits per heavy atom. The van der Waals surface area contributed by atoms with Crippen molar-refractivity contribution >= 4 is 11.9 Å². The van der Waals surface area contributed by atoms with E-state index in [1.54, 1.807) is 12.1 Å². The Labute approximate surface area is 86.8 Å². The van der Waals surface area contributed by atoms with Gasteiger partial charge in [0.05, 0.1) is 13.7 Å². The molecule has 0 aliphatic heterocycles. The maximum absolute atomic E-state index is 11.3. The van der Waals surface area contributed by atoms with Crippen LogP contribution in [0, 0.1) is 0 Å². The predicted molar refractivity (Wildman–Crippen MR) is 52.5 cm³/mol. The van der Waals surface area contributed by atoms with Crippen LogP contribution in [0.15, 0.2) is 24.3 Å². The number of carbonyl (C=O) groups excluding carboxylic acids is 2. The summed E-state index contributed by atoms with van der Waals surface area (Å²) in [4.78, 5) is 22.2. The van der Waals surface area contributed by atoms with Gasteiger partial charge in [0.25, 0.3) is 0 Å². The highest BCUT2D eigenvalue weighted by Gasteiger charge is 2.14. The molecule has 0 aliphatic rings. The molecule has 0 aromatic heterocycles. The van der Waals surface area contributed by atoms with Crippen molar-refractivity contribution in [2.45, 2.75) is 0 Å². The van der Waals surface area contributed by atoms with E-state index >= 15 is 0 Å². The lowest BCUT2D eigenvalue weighted by Gasteiger charge is -2.06. The molecule has 0 saturated heterocycles. The highest BCUT2D eigenvalue weighted by Crippen LogP contribution is 2.18. The Morgan fingerprint density at radius 1 is 1.33 bits per heavy atom. The SMILES string of the molecule is COC(=O)c1ccccc1OC(=O)CN. The van der Waals surface area contributed by atoms with Crippen LogP contribution in [0.4, 0.5) is 0 Å². The fourth-order valence-corrected chi connectivity index (χ4v) is 0.999. The number of carbonyl (C=O) groups is 2. The third-order valence-corrected chi connectivity index (χ3v) is 1.68. The summed E-state index contributed by atoms with van der Waals surface area (Å²) in [6, 6.07) is 6.29. The first-order valence-corrected chi connectivity index (χ1v) is 4.27. The van der Waals surface area contributed by atoms with Gasteiger partial charge < -0.3 is 15.2 Å². The Balaban J connectivity index is 2.96. The molecule has 0 unspecified atom stereocenters. The minimum Gasteiger partial charge on any atom is -0.465 e. The molecule has 1 rings (SSSR count). The zero-order valence-corrected chi connectivity index (χ0v) is 8.23. The van der Waals surface area contributed by atoms with Crippen molar-refractivity contribution in [1.29, 1.82) is 0 Å². The lowest BCUT2D eigenvalue weighted by Crippen LogP contribution is -2.20. The highest BCUT2D eigenvalue weighted by molar-refractivity contribution is 5.93. The van der Waals surface area contributed by atoms with Crippen LogP contribution in [-0.4, -0.2) is 25.6 Å². The highest BCUT2D eigenvalue weighted by atomic mass is 16.5. The number of rotatable bonds is 3. The summed E-state index contributed by atoms with van der Waals surface area (Å²) in [6.45, 7) is -0.241. The van der Waals surface area contributed by atoms with Crippen molar-refractivity contribution in [2.24, 2.45) is 5.73 Å². The minimum atomic E-state index is -0.605. The summed E-state index contributed by atoms with van der Waals surface area (Å²) < 4.78 is 9.38. The van der Waals surface area contributed by atoms with Crippen LogP contribution >= 0.6 is 0 Å². The second kappa shape index (κ2) is 5.11. The number of para-hydroxylation sites is 1. The molecular formula is C10H11NO4. The fourth-order valence-electron chi connectivity index (χ4n) is 0.999. The number of ether oxygens (including phenoxy) is 2. The van der Waals surface area contributed by atoms with Crippen molar-refractivity contribution in [3.63, 3.8) is 0 Å². The Morgan fingerprint density at radius 3 is 2.60 bits per heavy atom. The molecule has 5 heteroatoms. The first kappa shape index (κ1) is 11.2. The fraction of sp³-hybridized carbons (Fsp3) is 0.200. The van der Waals surface area contributed by atoms with Gasteiger partial charge in [-0.2, -0.15) is 0 Å². The van der Waals surface area contributed by atoms with E-state index in [1.165, 1.54) is 19.2 Å². The topological polar surface area (TPSA) is 78.6 Å². The number of esters is 2. The summed E-state index contributed by atoms with van der Waals surface area (Å²) in [7, 11) is 1.25. The predicted octanol–water partition coefficient (Wildman–Crippen LogP) is 0.337. The molecule has 0 bridgehead atoms. The first-order chi connectivity index (χ1) is 7.19. The van der Waals surface area contributed by atoms with Gasteiger partial charge in [-0.15, -0.1) is 0 Å².